The first-order valence-corrected chi connectivity index (χ1v) is 11.1. The van der Waals surface area contributed by atoms with Crippen molar-refractivity contribution in [2.45, 2.75) is 13.1 Å². The Labute approximate surface area is 203 Å². The molecule has 0 aliphatic carbocycles. The van der Waals surface area contributed by atoms with Crippen molar-refractivity contribution in [3.05, 3.63) is 130 Å². The molecule has 0 fully saturated rings. The third kappa shape index (κ3) is 5.40. The van der Waals surface area contributed by atoms with Crippen molar-refractivity contribution in [1.29, 1.82) is 0 Å². The van der Waals surface area contributed by atoms with E-state index in [0.29, 0.717) is 11.3 Å². The first-order chi connectivity index (χ1) is 16.8. The Morgan fingerprint density at radius 3 is 1.14 bits per heavy atom. The number of aryl methyl sites for hydroxylation is 1. The zero-order valence-corrected chi connectivity index (χ0v) is 19.7. The van der Waals surface area contributed by atoms with Crippen molar-refractivity contribution in [2.24, 2.45) is 0 Å². The van der Waals surface area contributed by atoms with E-state index in [1.807, 2.05) is 79.7 Å². The Hall–Kier alpha value is -3.99. The number of rotatable bonds is 6. The van der Waals surface area contributed by atoms with Gasteiger partial charge in [0.1, 0.15) is 11.5 Å². The highest BCUT2D eigenvalue weighted by Gasteiger charge is 2.30. The fourth-order valence-corrected chi connectivity index (χ4v) is 3.97. The number of hydrogen-bond donors (Lipinski definition) is 0. The summed E-state index contributed by atoms with van der Waals surface area (Å²) in [6.45, 7) is 2.01. The van der Waals surface area contributed by atoms with Crippen LogP contribution >= 0.6 is 0 Å². The second kappa shape index (κ2) is 10.1. The standard InChI is InChI=1S/C30H25F3O2/c1-20-4-6-21(7-5-20)28(23-10-16-26(34-2)17-11-23)29(24-12-18-27(35-3)19-13-24)22-8-14-25(15-9-22)30(31,32)33/h4-19H,1-3H3/b29-28+. The van der Waals surface area contributed by atoms with Gasteiger partial charge in [-0.3, -0.25) is 0 Å². The average molecular weight is 475 g/mol. The maximum absolute atomic E-state index is 13.3. The molecular weight excluding hydrogens is 449 g/mol. The first kappa shape index (κ1) is 24.1. The predicted molar refractivity (Wildman–Crippen MR) is 134 cm³/mol. The Morgan fingerprint density at radius 1 is 0.514 bits per heavy atom. The molecule has 0 spiro atoms. The summed E-state index contributed by atoms with van der Waals surface area (Å²) < 4.78 is 50.5. The summed E-state index contributed by atoms with van der Waals surface area (Å²) in [5, 5.41) is 0. The fourth-order valence-electron chi connectivity index (χ4n) is 3.97. The summed E-state index contributed by atoms with van der Waals surface area (Å²) in [7, 11) is 3.20. The molecule has 178 valence electrons. The molecule has 0 unspecified atom stereocenters. The summed E-state index contributed by atoms with van der Waals surface area (Å²) >= 11 is 0. The van der Waals surface area contributed by atoms with E-state index in [1.165, 1.54) is 12.1 Å². The van der Waals surface area contributed by atoms with Crippen LogP contribution in [0.5, 0.6) is 11.5 Å². The van der Waals surface area contributed by atoms with Crippen molar-refractivity contribution in [1.82, 2.24) is 0 Å². The molecule has 4 aromatic rings. The Balaban J connectivity index is 2.03. The molecule has 0 atom stereocenters. The molecule has 0 N–H and O–H groups in total. The van der Waals surface area contributed by atoms with Crippen LogP contribution in [0.3, 0.4) is 0 Å². The van der Waals surface area contributed by atoms with Crippen LogP contribution in [0.25, 0.3) is 11.1 Å². The second-order valence-corrected chi connectivity index (χ2v) is 8.15. The molecule has 0 radical (unpaired) electrons. The first-order valence-electron chi connectivity index (χ1n) is 11.1. The molecule has 0 heterocycles. The van der Waals surface area contributed by atoms with Crippen molar-refractivity contribution < 1.29 is 22.6 Å². The van der Waals surface area contributed by atoms with Gasteiger partial charge in [0.05, 0.1) is 19.8 Å². The maximum atomic E-state index is 13.3. The molecule has 5 heteroatoms. The van der Waals surface area contributed by atoms with Crippen LogP contribution < -0.4 is 9.47 Å². The largest absolute Gasteiger partial charge is 0.497 e. The number of halogens is 3. The average Bonchev–Trinajstić information content (AvgIpc) is 2.88. The van der Waals surface area contributed by atoms with Gasteiger partial charge in [0, 0.05) is 0 Å². The van der Waals surface area contributed by atoms with Crippen LogP contribution in [-0.4, -0.2) is 14.2 Å². The van der Waals surface area contributed by atoms with Crippen LogP contribution in [-0.2, 0) is 6.18 Å². The van der Waals surface area contributed by atoms with Crippen LogP contribution in [0.4, 0.5) is 13.2 Å². The van der Waals surface area contributed by atoms with Gasteiger partial charge in [-0.1, -0.05) is 66.2 Å². The highest BCUT2D eigenvalue weighted by molar-refractivity contribution is 6.04. The molecule has 35 heavy (non-hydrogen) atoms. The highest BCUT2D eigenvalue weighted by Crippen LogP contribution is 2.39. The van der Waals surface area contributed by atoms with E-state index in [9.17, 15) is 13.2 Å². The van der Waals surface area contributed by atoms with E-state index >= 15 is 0 Å². The normalized spacial score (nSPS) is 12.2. The van der Waals surface area contributed by atoms with Crippen LogP contribution in [0.2, 0.25) is 0 Å². The molecule has 2 nitrogen and oxygen atoms in total. The van der Waals surface area contributed by atoms with Gasteiger partial charge in [-0.05, 0) is 76.7 Å². The van der Waals surface area contributed by atoms with E-state index in [4.69, 9.17) is 9.47 Å². The quantitative estimate of drug-likeness (QED) is 0.263. The van der Waals surface area contributed by atoms with Gasteiger partial charge in [0.15, 0.2) is 0 Å². The fraction of sp³-hybridized carbons (Fsp3) is 0.133. The number of hydrogen-bond acceptors (Lipinski definition) is 2. The van der Waals surface area contributed by atoms with Crippen molar-refractivity contribution in [3.63, 3.8) is 0 Å². The Kier molecular flexibility index (Phi) is 6.97. The molecular formula is C30H25F3O2. The maximum Gasteiger partial charge on any atom is 0.416 e. The Bertz CT molecular complexity index is 1300. The van der Waals surface area contributed by atoms with E-state index in [-0.39, 0.29) is 0 Å². The number of ether oxygens (including phenoxy) is 2. The third-order valence-electron chi connectivity index (χ3n) is 5.85. The monoisotopic (exact) mass is 474 g/mol. The van der Waals surface area contributed by atoms with Crippen LogP contribution in [0.1, 0.15) is 33.4 Å². The number of alkyl halides is 3. The molecule has 0 saturated carbocycles. The molecule has 0 bridgehead atoms. The van der Waals surface area contributed by atoms with Crippen LogP contribution in [0.15, 0.2) is 97.1 Å². The number of benzene rings is 4. The number of methoxy groups -OCH3 is 2. The zero-order valence-electron chi connectivity index (χ0n) is 19.7. The topological polar surface area (TPSA) is 18.5 Å². The lowest BCUT2D eigenvalue weighted by Gasteiger charge is -2.19. The minimum Gasteiger partial charge on any atom is -0.497 e. The van der Waals surface area contributed by atoms with Crippen molar-refractivity contribution in [2.75, 3.05) is 14.2 Å². The summed E-state index contributed by atoms with van der Waals surface area (Å²) in [4.78, 5) is 0. The van der Waals surface area contributed by atoms with Gasteiger partial charge in [-0.25, -0.2) is 0 Å². The summed E-state index contributed by atoms with van der Waals surface area (Å²) in [5.41, 5.74) is 5.55. The lowest BCUT2D eigenvalue weighted by molar-refractivity contribution is -0.137. The molecule has 0 amide bonds. The van der Waals surface area contributed by atoms with Gasteiger partial charge in [0.2, 0.25) is 0 Å². The molecule has 0 aliphatic heterocycles. The summed E-state index contributed by atoms with van der Waals surface area (Å²) in [6, 6.07) is 28.6. The lowest BCUT2D eigenvalue weighted by Crippen LogP contribution is -2.05. The Morgan fingerprint density at radius 2 is 0.829 bits per heavy atom. The van der Waals surface area contributed by atoms with Crippen LogP contribution in [0, 0.1) is 6.92 Å². The molecule has 4 rings (SSSR count). The van der Waals surface area contributed by atoms with E-state index < -0.39 is 11.7 Å². The van der Waals surface area contributed by atoms with E-state index in [1.54, 1.807) is 14.2 Å². The summed E-state index contributed by atoms with van der Waals surface area (Å²) in [5.74, 6) is 1.42. The molecule has 4 aromatic carbocycles. The molecule has 0 aliphatic rings. The van der Waals surface area contributed by atoms with E-state index in [0.717, 1.165) is 51.3 Å². The minimum atomic E-state index is -4.40. The molecule has 0 saturated heterocycles. The summed E-state index contributed by atoms with van der Waals surface area (Å²) in [6.07, 6.45) is -4.40. The minimum absolute atomic E-state index is 0.676. The third-order valence-corrected chi connectivity index (χ3v) is 5.85. The lowest BCUT2D eigenvalue weighted by atomic mass is 9.85. The van der Waals surface area contributed by atoms with Gasteiger partial charge in [0.25, 0.3) is 0 Å². The van der Waals surface area contributed by atoms with Gasteiger partial charge >= 0.3 is 6.18 Å². The smallest absolute Gasteiger partial charge is 0.416 e. The van der Waals surface area contributed by atoms with Crippen molar-refractivity contribution in [3.8, 4) is 11.5 Å². The van der Waals surface area contributed by atoms with Gasteiger partial charge in [-0.2, -0.15) is 13.2 Å². The van der Waals surface area contributed by atoms with Gasteiger partial charge < -0.3 is 9.47 Å². The highest BCUT2D eigenvalue weighted by atomic mass is 19.4. The van der Waals surface area contributed by atoms with Crippen molar-refractivity contribution >= 4 is 11.1 Å². The predicted octanol–water partition coefficient (Wildman–Crippen LogP) is 8.04. The zero-order chi connectivity index (χ0) is 25.0. The van der Waals surface area contributed by atoms with Gasteiger partial charge in [-0.15, -0.1) is 0 Å². The molecule has 0 aromatic heterocycles. The second-order valence-electron chi connectivity index (χ2n) is 8.15. The van der Waals surface area contributed by atoms with E-state index in [2.05, 4.69) is 0 Å². The SMILES string of the molecule is COc1ccc(/C(=C(/c2ccc(OC)cc2)c2ccc(C(F)(F)F)cc2)c2ccc(C)cc2)cc1.